The Balaban J connectivity index is 0.000000119. The summed E-state index contributed by atoms with van der Waals surface area (Å²) < 4.78 is 6.22. The molecule has 2 aliphatic carbocycles. The first-order chi connectivity index (χ1) is 50.0. The first-order valence-corrected chi connectivity index (χ1v) is 36.0. The molecule has 4 heteroatoms. The van der Waals surface area contributed by atoms with Crippen molar-refractivity contribution in [2.45, 2.75) is 38.5 Å². The first-order valence-electron chi connectivity index (χ1n) is 35.2. The lowest BCUT2D eigenvalue weighted by atomic mass is 9.79. The molecule has 0 amide bonds. The van der Waals surface area contributed by atoms with Gasteiger partial charge in [0.1, 0.15) is 5.75 Å². The van der Waals surface area contributed by atoms with E-state index in [4.69, 9.17) is 9.68 Å². The minimum absolute atomic E-state index is 0.00893. The van der Waals surface area contributed by atoms with Crippen LogP contribution in [0.3, 0.4) is 0 Å². The lowest BCUT2D eigenvalue weighted by Gasteiger charge is -2.24. The number of halogens is 1. The van der Waals surface area contributed by atoms with Gasteiger partial charge in [-0.3, -0.25) is 0 Å². The zero-order chi connectivity index (χ0) is 68.8. The smallest absolute Gasteiger partial charge is 0.537 e. The van der Waals surface area contributed by atoms with Crippen molar-refractivity contribution >= 4 is 110 Å². The maximum absolute atomic E-state index is 8.88. The van der Waals surface area contributed by atoms with Crippen molar-refractivity contribution in [1.82, 2.24) is 0 Å². The lowest BCUT2D eigenvalue weighted by molar-refractivity contribution is 0.454. The summed E-state index contributed by atoms with van der Waals surface area (Å²) in [6.07, 6.45) is 0. The maximum atomic E-state index is 8.88. The molecule has 0 saturated carbocycles. The Bertz CT molecular complexity index is 6260. The van der Waals surface area contributed by atoms with Gasteiger partial charge in [0.15, 0.2) is 0 Å². The SMILES string of the molecule is CC1(C)c2ccc(-c3ccc(-c4c5ccccc5c(-c5ccccc5)c5ccccc45)cc3)cc2-c2c1c1ccccc1c1ccccc21.CC1(C)c2ccc(Br)cc2-c2c1c1ccccc1c1ccccc21.O[B]Oc1ccc(-c2c3ccccc3c(-c3ccccc3)c3ccccc23)cc1. The van der Waals surface area contributed by atoms with Crippen LogP contribution in [0.5, 0.6) is 5.75 Å². The van der Waals surface area contributed by atoms with Gasteiger partial charge in [0, 0.05) is 15.3 Å². The lowest BCUT2D eigenvalue weighted by Crippen LogP contribution is -2.15. The van der Waals surface area contributed by atoms with Crippen molar-refractivity contribution in [3.63, 3.8) is 0 Å². The van der Waals surface area contributed by atoms with Crippen molar-refractivity contribution < 1.29 is 9.68 Å². The molecule has 2 aliphatic rings. The summed E-state index contributed by atoms with van der Waals surface area (Å²) in [7, 11) is 0.703. The highest BCUT2D eigenvalue weighted by Crippen LogP contribution is 2.57. The molecule has 0 unspecified atom stereocenters. The summed E-state index contributed by atoms with van der Waals surface area (Å²) in [4.78, 5) is 0. The summed E-state index contributed by atoms with van der Waals surface area (Å²) in [5, 5.41) is 29.7. The van der Waals surface area contributed by atoms with Crippen LogP contribution in [0.25, 0.3) is 164 Å². The molecule has 483 valence electrons. The van der Waals surface area contributed by atoms with Crippen LogP contribution >= 0.6 is 15.9 Å². The average Bonchev–Trinajstić information content (AvgIpc) is 1.53. The van der Waals surface area contributed by atoms with Crippen LogP contribution in [-0.2, 0) is 10.8 Å². The standard InChI is InChI=1S/C49H34.C26H18BO2.C23H17Br/c1-49(2)44-29-28-34(30-43(44)47-37-18-8-6-16-35(37)36-17-7-13-23-42(36)48(47)49)31-24-26-33(27-25-31)46-40-21-11-9-19-38(40)45(32-14-4-3-5-15-32)39-20-10-12-22-41(39)46;28-27-29-20-16-14-19(15-17-20)26-23-12-6-4-10-21(23)25(18-8-2-1-3-9-18)22-11-5-7-13-24(22)26;1-23(2)20-12-11-14(24)13-19(20)21-17-9-5-3-7-15(17)16-8-4-6-10-18(16)22(21)23/h3-30H,1-2H3;1-17,28H;3-13H,1-2H3. The fourth-order valence-electron chi connectivity index (χ4n) is 17.5. The number of hydrogen-bond donors (Lipinski definition) is 1. The van der Waals surface area contributed by atoms with Gasteiger partial charge < -0.3 is 9.68 Å². The van der Waals surface area contributed by atoms with E-state index in [0.717, 1.165) is 10.0 Å². The summed E-state index contributed by atoms with van der Waals surface area (Å²) >= 11 is 3.67. The Kier molecular flexibility index (Phi) is 15.5. The molecule has 1 N–H and O–H groups in total. The molecule has 0 fully saturated rings. The zero-order valence-corrected chi connectivity index (χ0v) is 58.7. The molecule has 18 aromatic carbocycles. The molecule has 0 bridgehead atoms. The molecule has 0 spiro atoms. The van der Waals surface area contributed by atoms with Gasteiger partial charge >= 0.3 is 7.69 Å². The van der Waals surface area contributed by atoms with Crippen LogP contribution in [0.1, 0.15) is 49.9 Å². The second-order valence-electron chi connectivity index (χ2n) is 28.1. The van der Waals surface area contributed by atoms with Crippen molar-refractivity contribution in [3.05, 3.63) is 366 Å². The number of benzene rings is 18. The Morgan fingerprint density at radius 2 is 0.500 bits per heavy atom. The first kappa shape index (κ1) is 62.6. The fraction of sp³-hybridized carbons (Fsp3) is 0.0612. The molecule has 1 radical (unpaired) electrons. The monoisotopic (exact) mass is 1370 g/mol. The van der Waals surface area contributed by atoms with Gasteiger partial charge in [0.2, 0.25) is 0 Å². The van der Waals surface area contributed by atoms with Crippen LogP contribution in [0.4, 0.5) is 0 Å². The number of hydrogen-bond acceptors (Lipinski definition) is 2. The fourth-order valence-corrected chi connectivity index (χ4v) is 17.8. The topological polar surface area (TPSA) is 29.5 Å². The van der Waals surface area contributed by atoms with Crippen LogP contribution in [0.15, 0.2) is 344 Å². The average molecular weight is 1370 g/mol. The van der Waals surface area contributed by atoms with Gasteiger partial charge in [0.25, 0.3) is 0 Å². The highest BCUT2D eigenvalue weighted by Gasteiger charge is 2.40. The zero-order valence-electron chi connectivity index (χ0n) is 57.1. The second kappa shape index (κ2) is 25.2. The van der Waals surface area contributed by atoms with E-state index in [9.17, 15) is 0 Å². The number of fused-ring (bicyclic) bond motifs is 20. The molecule has 0 aliphatic heterocycles. The van der Waals surface area contributed by atoms with Crippen molar-refractivity contribution in [2.24, 2.45) is 0 Å². The van der Waals surface area contributed by atoms with E-state index in [1.807, 2.05) is 24.3 Å². The van der Waals surface area contributed by atoms with Gasteiger partial charge in [-0.1, -0.05) is 353 Å². The molecule has 0 heterocycles. The molecular weight excluding hydrogens is 1300 g/mol. The molecule has 0 saturated heterocycles. The largest absolute Gasteiger partial charge is 0.569 e. The molecule has 2 nitrogen and oxygen atoms in total. The molecule has 0 aromatic heterocycles. The molecule has 20 rings (SSSR count). The van der Waals surface area contributed by atoms with Gasteiger partial charge in [0.05, 0.1) is 0 Å². The minimum Gasteiger partial charge on any atom is -0.537 e. The van der Waals surface area contributed by atoms with Gasteiger partial charge in [-0.15, -0.1) is 0 Å². The van der Waals surface area contributed by atoms with E-state index in [0.29, 0.717) is 13.4 Å². The summed E-state index contributed by atoms with van der Waals surface area (Å²) in [6, 6.07) is 123. The normalized spacial score (nSPS) is 13.0. The third kappa shape index (κ3) is 10.2. The van der Waals surface area contributed by atoms with Crippen molar-refractivity contribution in [1.29, 1.82) is 0 Å². The summed E-state index contributed by atoms with van der Waals surface area (Å²) in [5.74, 6) is 0.603. The van der Waals surface area contributed by atoms with Crippen molar-refractivity contribution in [2.75, 3.05) is 0 Å². The van der Waals surface area contributed by atoms with Crippen LogP contribution in [0, 0.1) is 0 Å². The van der Waals surface area contributed by atoms with Gasteiger partial charge in [-0.2, -0.15) is 0 Å². The highest BCUT2D eigenvalue weighted by molar-refractivity contribution is 9.10. The Morgan fingerprint density at radius 3 is 0.853 bits per heavy atom. The predicted octanol–water partition coefficient (Wildman–Crippen LogP) is 26.9. The minimum atomic E-state index is -0.0925. The third-order valence-electron chi connectivity index (χ3n) is 21.8. The predicted molar refractivity (Wildman–Crippen MR) is 438 cm³/mol. The second-order valence-corrected chi connectivity index (χ2v) is 29.0. The van der Waals surface area contributed by atoms with Crippen LogP contribution in [-0.4, -0.2) is 12.7 Å². The van der Waals surface area contributed by atoms with Crippen LogP contribution in [0.2, 0.25) is 0 Å². The van der Waals surface area contributed by atoms with Crippen LogP contribution < -0.4 is 4.65 Å². The van der Waals surface area contributed by atoms with E-state index in [1.54, 1.807) is 0 Å². The third-order valence-corrected chi connectivity index (χ3v) is 22.3. The van der Waals surface area contributed by atoms with E-state index in [-0.39, 0.29) is 10.8 Å². The molecule has 0 atom stereocenters. The molecular formula is C98H69BBrO2. The summed E-state index contributed by atoms with van der Waals surface area (Å²) in [6.45, 7) is 9.50. The summed E-state index contributed by atoms with van der Waals surface area (Å²) in [5.41, 5.74) is 23.5. The Hall–Kier alpha value is -11.7. The van der Waals surface area contributed by atoms with Gasteiger partial charge in [-0.25, -0.2) is 0 Å². The van der Waals surface area contributed by atoms with Crippen molar-refractivity contribution in [3.8, 4) is 83.6 Å². The quantitative estimate of drug-likeness (QED) is 0.0979. The Labute approximate surface area is 603 Å². The van der Waals surface area contributed by atoms with E-state index in [1.165, 1.54) is 181 Å². The Morgan fingerprint density at radius 1 is 0.245 bits per heavy atom. The van der Waals surface area contributed by atoms with E-state index < -0.39 is 0 Å². The number of rotatable bonds is 7. The maximum Gasteiger partial charge on any atom is 0.569 e. The highest BCUT2D eigenvalue weighted by atomic mass is 79.9. The molecule has 18 aromatic rings. The molecule has 102 heavy (non-hydrogen) atoms. The van der Waals surface area contributed by atoms with E-state index in [2.05, 4.69) is 359 Å². The van der Waals surface area contributed by atoms with Gasteiger partial charge in [-0.05, 0) is 217 Å². The van der Waals surface area contributed by atoms with E-state index >= 15 is 0 Å².